The van der Waals surface area contributed by atoms with E-state index in [0.29, 0.717) is 0 Å². The third kappa shape index (κ3) is 3.87. The highest BCUT2D eigenvalue weighted by atomic mass is 16.2. The maximum Gasteiger partial charge on any atom is 0.266 e. The zero-order chi connectivity index (χ0) is 17.3. The van der Waals surface area contributed by atoms with Gasteiger partial charge in [0, 0.05) is 36.4 Å². The lowest BCUT2D eigenvalue weighted by Crippen LogP contribution is -2.61. The molecule has 0 radical (unpaired) electrons. The van der Waals surface area contributed by atoms with Crippen LogP contribution in [0.15, 0.2) is 11.8 Å². The number of hydrogen-bond acceptors (Lipinski definition) is 4. The molecule has 0 aromatic rings. The maximum absolute atomic E-state index is 12.7. The number of carbonyl (C=O) groups is 1. The monoisotopic (exact) mass is 318 g/mol. The van der Waals surface area contributed by atoms with Gasteiger partial charge in [-0.15, -0.1) is 0 Å². The Labute approximate surface area is 140 Å². The Hall–Kier alpha value is -1.54. The van der Waals surface area contributed by atoms with Crippen LogP contribution in [-0.2, 0) is 4.79 Å². The minimum Gasteiger partial charge on any atom is -0.366 e. The summed E-state index contributed by atoms with van der Waals surface area (Å²) in [6, 6.07) is 2.28. The molecule has 0 atom stereocenters. The zero-order valence-electron chi connectivity index (χ0n) is 14.9. The smallest absolute Gasteiger partial charge is 0.266 e. The average Bonchev–Trinajstić information content (AvgIpc) is 2.45. The lowest BCUT2D eigenvalue weighted by atomic mass is 9.77. The summed E-state index contributed by atoms with van der Waals surface area (Å²) in [7, 11) is 0. The Morgan fingerprint density at radius 1 is 1.13 bits per heavy atom. The molecule has 5 heteroatoms. The van der Waals surface area contributed by atoms with E-state index in [1.165, 1.54) is 6.42 Å². The average molecular weight is 318 g/mol. The van der Waals surface area contributed by atoms with Crippen LogP contribution in [-0.4, -0.2) is 45.9 Å². The number of carbonyl (C=O) groups excluding carboxylic acids is 1. The first-order valence-electron chi connectivity index (χ1n) is 8.63. The summed E-state index contributed by atoms with van der Waals surface area (Å²) >= 11 is 0. The Kier molecular flexibility index (Phi) is 5.05. The quantitative estimate of drug-likeness (QED) is 0.627. The summed E-state index contributed by atoms with van der Waals surface area (Å²) in [5, 5.41) is 9.53. The molecule has 1 amide bonds. The maximum atomic E-state index is 12.7. The van der Waals surface area contributed by atoms with E-state index < -0.39 is 0 Å². The number of hydrogen-bond donors (Lipinski definition) is 1. The number of amides is 1. The first-order valence-corrected chi connectivity index (χ1v) is 8.63. The molecule has 2 N–H and O–H groups in total. The van der Waals surface area contributed by atoms with Crippen molar-refractivity contribution in [2.24, 2.45) is 5.73 Å². The number of nitrogens with zero attached hydrogens (tertiary/aromatic N) is 3. The predicted octanol–water partition coefficient (Wildman–Crippen LogP) is 2.39. The molecule has 2 aliphatic rings. The van der Waals surface area contributed by atoms with Gasteiger partial charge in [-0.05, 0) is 59.8 Å². The van der Waals surface area contributed by atoms with Gasteiger partial charge in [-0.1, -0.05) is 0 Å². The van der Waals surface area contributed by atoms with Crippen LogP contribution in [0.5, 0.6) is 0 Å². The van der Waals surface area contributed by atoms with E-state index in [9.17, 15) is 10.1 Å². The van der Waals surface area contributed by atoms with Gasteiger partial charge in [0.2, 0.25) is 0 Å². The van der Waals surface area contributed by atoms with Gasteiger partial charge in [0.05, 0.1) is 0 Å². The summed E-state index contributed by atoms with van der Waals surface area (Å²) in [5.41, 5.74) is 6.09. The number of nitrogens with two attached hydrogens (primary N) is 1. The second-order valence-corrected chi connectivity index (χ2v) is 8.17. The van der Waals surface area contributed by atoms with Gasteiger partial charge in [-0.2, -0.15) is 5.26 Å². The molecule has 0 aromatic heterocycles. The molecule has 0 aromatic carbocycles. The molecule has 0 aliphatic carbocycles. The van der Waals surface area contributed by atoms with Crippen molar-refractivity contribution in [3.8, 4) is 6.07 Å². The highest BCUT2D eigenvalue weighted by Crippen LogP contribution is 2.38. The fraction of sp³-hybridized carbons (Fsp3) is 0.778. The van der Waals surface area contributed by atoms with Gasteiger partial charge >= 0.3 is 0 Å². The summed E-state index contributed by atoms with van der Waals surface area (Å²) < 4.78 is 0. The van der Waals surface area contributed by atoms with Crippen molar-refractivity contribution >= 4 is 5.91 Å². The first-order chi connectivity index (χ1) is 10.7. The lowest BCUT2D eigenvalue weighted by molar-refractivity contribution is -0.127. The van der Waals surface area contributed by atoms with Gasteiger partial charge in [0.25, 0.3) is 5.91 Å². The van der Waals surface area contributed by atoms with Gasteiger partial charge in [0.1, 0.15) is 11.6 Å². The second kappa shape index (κ2) is 6.52. The van der Waals surface area contributed by atoms with E-state index >= 15 is 0 Å². The molecule has 0 unspecified atom stereocenters. The van der Waals surface area contributed by atoms with Crippen molar-refractivity contribution in [2.45, 2.75) is 76.9 Å². The molecule has 23 heavy (non-hydrogen) atoms. The Bertz CT molecular complexity index is 506. The molecule has 2 saturated heterocycles. The van der Waals surface area contributed by atoms with Gasteiger partial charge in [0.15, 0.2) is 0 Å². The summed E-state index contributed by atoms with van der Waals surface area (Å²) in [5.74, 6) is -0.131. The van der Waals surface area contributed by atoms with E-state index in [4.69, 9.17) is 5.73 Å². The van der Waals surface area contributed by atoms with Crippen molar-refractivity contribution in [3.05, 3.63) is 11.8 Å². The molecule has 0 bridgehead atoms. The van der Waals surface area contributed by atoms with Gasteiger partial charge in [-0.25, -0.2) is 0 Å². The van der Waals surface area contributed by atoms with E-state index in [0.717, 1.165) is 38.8 Å². The molecule has 5 nitrogen and oxygen atoms in total. The zero-order valence-corrected chi connectivity index (χ0v) is 14.9. The van der Waals surface area contributed by atoms with Gasteiger partial charge < -0.3 is 15.5 Å². The van der Waals surface area contributed by atoms with Crippen molar-refractivity contribution in [1.29, 1.82) is 5.26 Å². The Morgan fingerprint density at radius 2 is 1.65 bits per heavy atom. The standard InChI is InChI=1S/C18H30N4O/c1-17(2)10-15(20)11-18(3,4)22(17)13-14(12-19)16(23)21-8-6-5-7-9-21/h13,15H,5-11,20H2,1-4H3/b14-13-. The van der Waals surface area contributed by atoms with E-state index in [-0.39, 0.29) is 28.6 Å². The summed E-state index contributed by atoms with van der Waals surface area (Å²) in [6.07, 6.45) is 6.70. The van der Waals surface area contributed by atoms with Crippen LogP contribution in [0.2, 0.25) is 0 Å². The predicted molar refractivity (Wildman–Crippen MR) is 91.3 cm³/mol. The van der Waals surface area contributed by atoms with E-state index in [1.807, 2.05) is 4.90 Å². The topological polar surface area (TPSA) is 73.4 Å². The third-order valence-electron chi connectivity index (χ3n) is 5.08. The normalized spacial score (nSPS) is 25.1. The fourth-order valence-corrected chi connectivity index (χ4v) is 4.25. The minimum atomic E-state index is -0.175. The molecule has 2 fully saturated rings. The molecule has 0 spiro atoms. The first kappa shape index (κ1) is 17.8. The van der Waals surface area contributed by atoms with Crippen molar-refractivity contribution in [1.82, 2.24) is 9.80 Å². The molecular formula is C18H30N4O. The largest absolute Gasteiger partial charge is 0.366 e. The lowest BCUT2D eigenvalue weighted by Gasteiger charge is -2.54. The van der Waals surface area contributed by atoms with Crippen LogP contribution in [0.1, 0.15) is 59.8 Å². The van der Waals surface area contributed by atoms with Crippen LogP contribution in [0.3, 0.4) is 0 Å². The highest BCUT2D eigenvalue weighted by Gasteiger charge is 2.43. The molecule has 0 saturated carbocycles. The van der Waals surface area contributed by atoms with Crippen LogP contribution in [0.25, 0.3) is 0 Å². The van der Waals surface area contributed by atoms with E-state index in [2.05, 4.69) is 38.7 Å². The number of nitriles is 1. The van der Waals surface area contributed by atoms with Gasteiger partial charge in [-0.3, -0.25) is 4.79 Å². The van der Waals surface area contributed by atoms with Crippen molar-refractivity contribution in [3.63, 3.8) is 0 Å². The number of piperidine rings is 2. The van der Waals surface area contributed by atoms with Crippen molar-refractivity contribution < 1.29 is 4.79 Å². The third-order valence-corrected chi connectivity index (χ3v) is 5.08. The van der Waals surface area contributed by atoms with Crippen LogP contribution >= 0.6 is 0 Å². The fourth-order valence-electron chi connectivity index (χ4n) is 4.25. The van der Waals surface area contributed by atoms with Crippen molar-refractivity contribution in [2.75, 3.05) is 13.1 Å². The van der Waals surface area contributed by atoms with Crippen LogP contribution in [0.4, 0.5) is 0 Å². The molecule has 2 aliphatic heterocycles. The summed E-state index contributed by atoms with van der Waals surface area (Å²) in [4.78, 5) is 16.7. The number of rotatable bonds is 2. The van der Waals surface area contributed by atoms with E-state index in [1.54, 1.807) is 6.20 Å². The van der Waals surface area contributed by atoms with Crippen LogP contribution < -0.4 is 5.73 Å². The second-order valence-electron chi connectivity index (χ2n) is 8.17. The highest BCUT2D eigenvalue weighted by molar-refractivity contribution is 5.97. The summed E-state index contributed by atoms with van der Waals surface area (Å²) in [6.45, 7) is 10.0. The molecular weight excluding hydrogens is 288 g/mol. The molecule has 2 heterocycles. The molecule has 128 valence electrons. The molecule has 2 rings (SSSR count). The Morgan fingerprint density at radius 3 is 2.13 bits per heavy atom. The van der Waals surface area contributed by atoms with Crippen LogP contribution in [0, 0.1) is 11.3 Å². The number of likely N-dealkylation sites (tertiary alicyclic amines) is 2. The SMILES string of the molecule is CC1(C)CC(N)CC(C)(C)N1/C=C(/C#N)C(=O)N1CCCCC1. The minimum absolute atomic E-state index is 0.131. The Balaban J connectivity index is 2.28.